The molecule has 3 nitrogen and oxygen atoms in total. The maximum absolute atomic E-state index is 12.7. The number of aryl methyl sites for hydroxylation is 1. The Morgan fingerprint density at radius 2 is 1.78 bits per heavy atom. The van der Waals surface area contributed by atoms with Crippen LogP contribution in [0.5, 0.6) is 5.75 Å². The SMILES string of the molecule is Cc1ccccc1C(N[S+]([O-])C(C)(C)C)c1c(O)cccc1Br. The van der Waals surface area contributed by atoms with Crippen molar-refractivity contribution in [2.24, 2.45) is 0 Å². The van der Waals surface area contributed by atoms with E-state index in [-0.39, 0.29) is 11.8 Å². The van der Waals surface area contributed by atoms with Gasteiger partial charge in [-0.05, 0) is 51.0 Å². The van der Waals surface area contributed by atoms with Crippen molar-refractivity contribution < 1.29 is 9.66 Å². The highest BCUT2D eigenvalue weighted by atomic mass is 79.9. The number of aromatic hydroxyl groups is 1. The lowest BCUT2D eigenvalue weighted by atomic mass is 9.95. The Kier molecular flexibility index (Phi) is 5.79. The molecule has 23 heavy (non-hydrogen) atoms. The number of hydrogen-bond donors (Lipinski definition) is 2. The molecule has 0 radical (unpaired) electrons. The van der Waals surface area contributed by atoms with Gasteiger partial charge in [0.25, 0.3) is 0 Å². The fourth-order valence-corrected chi connectivity index (χ4v) is 3.68. The standard InChI is InChI=1S/C18H22BrNO2S/c1-12-8-5-6-9-13(12)17(20-23(22)18(2,3)4)16-14(19)10-7-11-15(16)21/h5-11,17,20-21H,1-4H3. The molecule has 0 aliphatic carbocycles. The molecular formula is C18H22BrNO2S. The number of rotatable bonds is 4. The minimum Gasteiger partial charge on any atom is -0.598 e. The van der Waals surface area contributed by atoms with Crippen molar-refractivity contribution in [3.05, 3.63) is 63.6 Å². The van der Waals surface area contributed by atoms with Crippen LogP contribution in [0.15, 0.2) is 46.9 Å². The summed E-state index contributed by atoms with van der Waals surface area (Å²) in [4.78, 5) is 0. The molecule has 0 aliphatic rings. The molecule has 5 heteroatoms. The van der Waals surface area contributed by atoms with Gasteiger partial charge in [0.05, 0.1) is 0 Å². The second kappa shape index (κ2) is 7.26. The highest BCUT2D eigenvalue weighted by molar-refractivity contribution is 9.10. The average Bonchev–Trinajstić information content (AvgIpc) is 2.45. The Labute approximate surface area is 149 Å². The Bertz CT molecular complexity index is 665. The summed E-state index contributed by atoms with van der Waals surface area (Å²) in [6.45, 7) is 7.78. The zero-order chi connectivity index (χ0) is 17.2. The topological polar surface area (TPSA) is 55.3 Å². The number of nitrogens with one attached hydrogen (secondary N) is 1. The van der Waals surface area contributed by atoms with Crippen molar-refractivity contribution in [1.29, 1.82) is 0 Å². The summed E-state index contributed by atoms with van der Waals surface area (Å²) >= 11 is 2.24. The Morgan fingerprint density at radius 1 is 1.13 bits per heavy atom. The first kappa shape index (κ1) is 18.3. The highest BCUT2D eigenvalue weighted by Crippen LogP contribution is 2.37. The first-order valence-electron chi connectivity index (χ1n) is 7.42. The lowest BCUT2D eigenvalue weighted by Crippen LogP contribution is -2.41. The van der Waals surface area contributed by atoms with Crippen LogP contribution in [0.25, 0.3) is 0 Å². The van der Waals surface area contributed by atoms with Crippen molar-refractivity contribution in [2.45, 2.75) is 38.5 Å². The third kappa shape index (κ3) is 4.29. The molecule has 0 bridgehead atoms. The molecule has 0 aliphatic heterocycles. The van der Waals surface area contributed by atoms with Crippen LogP contribution in [-0.2, 0) is 11.4 Å². The van der Waals surface area contributed by atoms with Crippen LogP contribution < -0.4 is 4.72 Å². The van der Waals surface area contributed by atoms with Gasteiger partial charge in [0.2, 0.25) is 0 Å². The number of hydrogen-bond acceptors (Lipinski definition) is 3. The molecule has 0 aromatic heterocycles. The first-order valence-corrected chi connectivity index (χ1v) is 9.37. The zero-order valence-corrected chi connectivity index (χ0v) is 16.2. The summed E-state index contributed by atoms with van der Waals surface area (Å²) in [5.41, 5.74) is 2.76. The van der Waals surface area contributed by atoms with Gasteiger partial charge in [0.1, 0.15) is 16.5 Å². The van der Waals surface area contributed by atoms with Crippen LogP contribution >= 0.6 is 15.9 Å². The monoisotopic (exact) mass is 395 g/mol. The van der Waals surface area contributed by atoms with Crippen LogP contribution in [0.4, 0.5) is 0 Å². The largest absolute Gasteiger partial charge is 0.598 e. The Morgan fingerprint density at radius 3 is 2.35 bits per heavy atom. The minimum atomic E-state index is -1.28. The van der Waals surface area contributed by atoms with E-state index in [4.69, 9.17) is 0 Å². The Balaban J connectivity index is 2.55. The number of benzene rings is 2. The summed E-state index contributed by atoms with van der Waals surface area (Å²) in [5.74, 6) is 0.172. The number of phenols is 1. The fraction of sp³-hybridized carbons (Fsp3) is 0.333. The molecule has 2 N–H and O–H groups in total. The molecule has 124 valence electrons. The summed E-state index contributed by atoms with van der Waals surface area (Å²) < 4.78 is 16.2. The normalized spacial score (nSPS) is 14.5. The van der Waals surface area contributed by atoms with Crippen molar-refractivity contribution in [2.75, 3.05) is 0 Å². The van der Waals surface area contributed by atoms with Gasteiger partial charge in [-0.25, -0.2) is 0 Å². The second-order valence-corrected chi connectivity index (χ2v) is 9.31. The molecule has 0 amide bonds. The van der Waals surface area contributed by atoms with Gasteiger partial charge in [0.15, 0.2) is 0 Å². The predicted molar refractivity (Wildman–Crippen MR) is 99.9 cm³/mol. The van der Waals surface area contributed by atoms with Crippen LogP contribution in [-0.4, -0.2) is 14.4 Å². The van der Waals surface area contributed by atoms with E-state index in [1.807, 2.05) is 58.0 Å². The van der Waals surface area contributed by atoms with Gasteiger partial charge in [-0.3, -0.25) is 0 Å². The smallest absolute Gasteiger partial charge is 0.136 e. The Hall–Kier alpha value is -1.01. The van der Waals surface area contributed by atoms with E-state index < -0.39 is 16.1 Å². The highest BCUT2D eigenvalue weighted by Gasteiger charge is 2.32. The molecule has 2 aromatic rings. The molecule has 2 rings (SSSR count). The molecule has 2 aromatic carbocycles. The van der Waals surface area contributed by atoms with Crippen LogP contribution in [0.3, 0.4) is 0 Å². The van der Waals surface area contributed by atoms with Crippen LogP contribution in [0.2, 0.25) is 0 Å². The maximum Gasteiger partial charge on any atom is 0.136 e. The summed E-state index contributed by atoms with van der Waals surface area (Å²) in [6, 6.07) is 12.9. The van der Waals surface area contributed by atoms with Crippen molar-refractivity contribution in [3.8, 4) is 5.75 Å². The lowest BCUT2D eigenvalue weighted by Gasteiger charge is -2.29. The lowest BCUT2D eigenvalue weighted by molar-refractivity contribution is 0.460. The van der Waals surface area contributed by atoms with Crippen molar-refractivity contribution in [1.82, 2.24) is 4.72 Å². The van der Waals surface area contributed by atoms with Crippen LogP contribution in [0.1, 0.15) is 43.5 Å². The third-order valence-electron chi connectivity index (χ3n) is 3.60. The minimum absolute atomic E-state index is 0.172. The molecule has 2 unspecified atom stereocenters. The summed E-state index contributed by atoms with van der Waals surface area (Å²) in [5, 5.41) is 10.4. The fourth-order valence-electron chi connectivity index (χ4n) is 2.28. The molecule has 0 saturated heterocycles. The average molecular weight is 396 g/mol. The zero-order valence-electron chi connectivity index (χ0n) is 13.8. The molecule has 0 fully saturated rings. The van der Waals surface area contributed by atoms with Gasteiger partial charge in [-0.1, -0.05) is 46.3 Å². The van der Waals surface area contributed by atoms with E-state index in [2.05, 4.69) is 20.7 Å². The van der Waals surface area contributed by atoms with E-state index >= 15 is 0 Å². The predicted octanol–water partition coefficient (Wildman–Crippen LogP) is 4.60. The van der Waals surface area contributed by atoms with E-state index in [0.717, 1.165) is 15.6 Å². The van der Waals surface area contributed by atoms with Crippen molar-refractivity contribution >= 4 is 27.3 Å². The van der Waals surface area contributed by atoms with Gasteiger partial charge >= 0.3 is 0 Å². The maximum atomic E-state index is 12.7. The number of halogens is 1. The van der Waals surface area contributed by atoms with E-state index in [0.29, 0.717) is 5.56 Å². The summed E-state index contributed by atoms with van der Waals surface area (Å²) in [7, 11) is 0. The van der Waals surface area contributed by atoms with Gasteiger partial charge in [-0.15, -0.1) is 4.72 Å². The van der Waals surface area contributed by atoms with Crippen LogP contribution in [0, 0.1) is 6.92 Å². The van der Waals surface area contributed by atoms with Gasteiger partial charge in [0, 0.05) is 21.4 Å². The number of phenolic OH excluding ortho intramolecular Hbond substituents is 1. The third-order valence-corrected chi connectivity index (χ3v) is 5.85. The van der Waals surface area contributed by atoms with Crippen molar-refractivity contribution in [3.63, 3.8) is 0 Å². The molecule has 0 heterocycles. The summed E-state index contributed by atoms with van der Waals surface area (Å²) in [6.07, 6.45) is 0. The molecule has 0 saturated carbocycles. The van der Waals surface area contributed by atoms with E-state index in [1.54, 1.807) is 12.1 Å². The van der Waals surface area contributed by atoms with E-state index in [9.17, 15) is 9.66 Å². The molecular weight excluding hydrogens is 374 g/mol. The second-order valence-electron chi connectivity index (χ2n) is 6.46. The molecule has 0 spiro atoms. The quantitative estimate of drug-likeness (QED) is 0.743. The first-order chi connectivity index (χ1) is 10.7. The van der Waals surface area contributed by atoms with E-state index in [1.165, 1.54) is 0 Å². The van der Waals surface area contributed by atoms with Gasteiger partial charge in [-0.2, -0.15) is 0 Å². The molecule has 2 atom stereocenters. The van der Waals surface area contributed by atoms with Gasteiger partial charge < -0.3 is 9.66 Å².